The van der Waals surface area contributed by atoms with Gasteiger partial charge in [0.15, 0.2) is 0 Å². The van der Waals surface area contributed by atoms with E-state index >= 15 is 0 Å². The minimum atomic E-state index is -0.333. The van der Waals surface area contributed by atoms with Crippen molar-refractivity contribution in [3.05, 3.63) is 34.9 Å². The van der Waals surface area contributed by atoms with Crippen molar-refractivity contribution >= 4 is 23.2 Å². The van der Waals surface area contributed by atoms with Crippen molar-refractivity contribution in [1.82, 2.24) is 5.32 Å². The van der Waals surface area contributed by atoms with Crippen LogP contribution >= 0.6 is 11.3 Å². The summed E-state index contributed by atoms with van der Waals surface area (Å²) in [6.45, 7) is 1.88. The molecule has 0 bridgehead atoms. The minimum Gasteiger partial charge on any atom is -0.461 e. The molecule has 22 heavy (non-hydrogen) atoms. The van der Waals surface area contributed by atoms with E-state index in [0.717, 1.165) is 35.7 Å². The van der Waals surface area contributed by atoms with Crippen molar-refractivity contribution in [2.24, 2.45) is 11.7 Å². The third kappa shape index (κ3) is 2.92. The molecule has 2 aromatic rings. The summed E-state index contributed by atoms with van der Waals surface area (Å²) in [7, 11) is 0. The molecular formula is C16H18N2O3S. The maximum atomic E-state index is 12.3. The topological polar surface area (TPSA) is 85.3 Å². The molecule has 2 amide bonds. The molecule has 5 nitrogen and oxygen atoms in total. The van der Waals surface area contributed by atoms with E-state index in [2.05, 4.69) is 5.32 Å². The molecule has 3 rings (SSSR count). The van der Waals surface area contributed by atoms with Crippen molar-refractivity contribution in [1.29, 1.82) is 0 Å². The zero-order chi connectivity index (χ0) is 15.7. The van der Waals surface area contributed by atoms with E-state index in [1.807, 2.05) is 25.1 Å². The van der Waals surface area contributed by atoms with Crippen LogP contribution in [0.25, 0.3) is 10.6 Å². The number of hydrogen-bond donors (Lipinski definition) is 2. The molecule has 6 heteroatoms. The smallest absolute Gasteiger partial charge is 0.261 e. The van der Waals surface area contributed by atoms with E-state index in [0.29, 0.717) is 4.88 Å². The molecule has 0 spiro atoms. The Balaban J connectivity index is 1.71. The number of hydrogen-bond acceptors (Lipinski definition) is 4. The van der Waals surface area contributed by atoms with Gasteiger partial charge in [-0.3, -0.25) is 9.59 Å². The molecule has 0 saturated heterocycles. The van der Waals surface area contributed by atoms with Gasteiger partial charge in [-0.25, -0.2) is 0 Å². The number of thiophene rings is 1. The number of carbonyl (C=O) groups excluding carboxylic acids is 2. The lowest BCUT2D eigenvalue weighted by Crippen LogP contribution is -2.42. The van der Waals surface area contributed by atoms with Crippen molar-refractivity contribution < 1.29 is 14.0 Å². The molecule has 0 unspecified atom stereocenters. The largest absolute Gasteiger partial charge is 0.461 e. The lowest BCUT2D eigenvalue weighted by molar-refractivity contribution is -0.122. The quantitative estimate of drug-likeness (QED) is 0.909. The Hall–Kier alpha value is -2.08. The SMILES string of the molecule is Cc1ccc(-c2ccc(C(=O)N[C@@H]3CCC[C@@H]3C(N)=O)s2)o1. The Bertz CT molecular complexity index is 704. The number of amides is 2. The van der Waals surface area contributed by atoms with Crippen molar-refractivity contribution in [2.75, 3.05) is 0 Å². The number of rotatable bonds is 4. The lowest BCUT2D eigenvalue weighted by Gasteiger charge is -2.17. The molecule has 1 fully saturated rings. The van der Waals surface area contributed by atoms with Gasteiger partial charge in [0.05, 0.1) is 15.7 Å². The summed E-state index contributed by atoms with van der Waals surface area (Å²) in [5.41, 5.74) is 5.38. The average molecular weight is 318 g/mol. The van der Waals surface area contributed by atoms with E-state index in [9.17, 15) is 9.59 Å². The highest BCUT2D eigenvalue weighted by atomic mass is 32.1. The van der Waals surface area contributed by atoms with Crippen LogP contribution in [0, 0.1) is 12.8 Å². The molecule has 2 heterocycles. The summed E-state index contributed by atoms with van der Waals surface area (Å²) < 4.78 is 5.56. The molecule has 3 N–H and O–H groups in total. The zero-order valence-electron chi connectivity index (χ0n) is 12.3. The van der Waals surface area contributed by atoms with Gasteiger partial charge in [-0.2, -0.15) is 0 Å². The second-order valence-corrected chi connectivity index (χ2v) is 6.68. The average Bonchev–Trinajstić information content (AvgIpc) is 3.16. The molecule has 116 valence electrons. The Labute approximate surface area is 132 Å². The van der Waals surface area contributed by atoms with Gasteiger partial charge in [-0.15, -0.1) is 11.3 Å². The number of nitrogens with two attached hydrogens (primary N) is 1. The first kappa shape index (κ1) is 14.8. The third-order valence-corrected chi connectivity index (χ3v) is 5.11. The van der Waals surface area contributed by atoms with E-state index in [1.54, 1.807) is 6.07 Å². The van der Waals surface area contributed by atoms with E-state index in [-0.39, 0.29) is 23.8 Å². The maximum absolute atomic E-state index is 12.3. The number of furan rings is 1. The van der Waals surface area contributed by atoms with E-state index in [1.165, 1.54) is 11.3 Å². The summed E-state index contributed by atoms with van der Waals surface area (Å²) in [5, 5.41) is 2.94. The van der Waals surface area contributed by atoms with Gasteiger partial charge < -0.3 is 15.5 Å². The van der Waals surface area contributed by atoms with Crippen molar-refractivity contribution in [2.45, 2.75) is 32.2 Å². The molecule has 0 aliphatic heterocycles. The van der Waals surface area contributed by atoms with Crippen LogP contribution in [0.15, 0.2) is 28.7 Å². The number of carbonyl (C=O) groups is 2. The second-order valence-electron chi connectivity index (χ2n) is 5.59. The fourth-order valence-electron chi connectivity index (χ4n) is 2.87. The molecule has 2 aromatic heterocycles. The highest BCUT2D eigenvalue weighted by Gasteiger charge is 2.32. The Kier molecular flexibility index (Phi) is 4.02. The first-order valence-electron chi connectivity index (χ1n) is 7.31. The first-order chi connectivity index (χ1) is 10.5. The molecule has 1 aliphatic carbocycles. The molecule has 2 atom stereocenters. The van der Waals surface area contributed by atoms with Crippen LogP contribution in [0.3, 0.4) is 0 Å². The normalized spacial score (nSPS) is 21.0. The minimum absolute atomic E-state index is 0.151. The third-order valence-electron chi connectivity index (χ3n) is 4.01. The zero-order valence-corrected chi connectivity index (χ0v) is 13.1. The molecule has 0 aromatic carbocycles. The summed E-state index contributed by atoms with van der Waals surface area (Å²) in [4.78, 5) is 25.2. The Morgan fingerprint density at radius 1 is 1.27 bits per heavy atom. The van der Waals surface area contributed by atoms with Gasteiger partial charge in [-0.1, -0.05) is 6.42 Å². The maximum Gasteiger partial charge on any atom is 0.261 e. The summed E-state index contributed by atoms with van der Waals surface area (Å²) >= 11 is 1.38. The molecular weight excluding hydrogens is 300 g/mol. The predicted octanol–water partition coefficient (Wildman–Crippen LogP) is 2.70. The van der Waals surface area contributed by atoms with Crippen LogP contribution in [0.2, 0.25) is 0 Å². The molecule has 1 saturated carbocycles. The fourth-order valence-corrected chi connectivity index (χ4v) is 3.74. The second kappa shape index (κ2) is 5.96. The Morgan fingerprint density at radius 2 is 2.09 bits per heavy atom. The van der Waals surface area contributed by atoms with Gasteiger partial charge in [0.25, 0.3) is 5.91 Å². The highest BCUT2D eigenvalue weighted by Crippen LogP contribution is 2.30. The van der Waals surface area contributed by atoms with E-state index in [4.69, 9.17) is 10.2 Å². The number of aryl methyl sites for hydroxylation is 1. The van der Waals surface area contributed by atoms with Crippen LogP contribution in [-0.4, -0.2) is 17.9 Å². The summed E-state index contributed by atoms with van der Waals surface area (Å²) in [6, 6.07) is 7.29. The van der Waals surface area contributed by atoms with Crippen LogP contribution < -0.4 is 11.1 Å². The Morgan fingerprint density at radius 3 is 2.77 bits per heavy atom. The monoisotopic (exact) mass is 318 g/mol. The van der Waals surface area contributed by atoms with Gasteiger partial charge in [0.1, 0.15) is 11.5 Å². The van der Waals surface area contributed by atoms with Crippen molar-refractivity contribution in [3.8, 4) is 10.6 Å². The number of nitrogens with one attached hydrogen (secondary N) is 1. The van der Waals surface area contributed by atoms with Gasteiger partial charge in [0, 0.05) is 6.04 Å². The summed E-state index contributed by atoms with van der Waals surface area (Å²) in [5.74, 6) is 0.858. The van der Waals surface area contributed by atoms with Gasteiger partial charge >= 0.3 is 0 Å². The van der Waals surface area contributed by atoms with Crippen LogP contribution in [0.5, 0.6) is 0 Å². The van der Waals surface area contributed by atoms with Crippen molar-refractivity contribution in [3.63, 3.8) is 0 Å². The highest BCUT2D eigenvalue weighted by molar-refractivity contribution is 7.17. The fraction of sp³-hybridized carbons (Fsp3) is 0.375. The van der Waals surface area contributed by atoms with E-state index < -0.39 is 0 Å². The van der Waals surface area contributed by atoms with Crippen LogP contribution in [0.1, 0.15) is 34.7 Å². The molecule has 0 radical (unpaired) electrons. The van der Waals surface area contributed by atoms with Gasteiger partial charge in [0.2, 0.25) is 5.91 Å². The summed E-state index contributed by atoms with van der Waals surface area (Å²) in [6.07, 6.45) is 2.47. The first-order valence-corrected chi connectivity index (χ1v) is 8.13. The van der Waals surface area contributed by atoms with Gasteiger partial charge in [-0.05, 0) is 44.0 Å². The van der Waals surface area contributed by atoms with Crippen LogP contribution in [0.4, 0.5) is 0 Å². The predicted molar refractivity (Wildman–Crippen MR) is 84.5 cm³/mol. The van der Waals surface area contributed by atoms with Crippen LogP contribution in [-0.2, 0) is 4.79 Å². The number of primary amides is 1. The lowest BCUT2D eigenvalue weighted by atomic mass is 10.0. The standard InChI is InChI=1S/C16H18N2O3S/c1-9-5-6-12(21-9)13-7-8-14(22-13)16(20)18-11-4-2-3-10(11)15(17)19/h5-8,10-11H,2-4H2,1H3,(H2,17,19)(H,18,20)/t10-,11+/m0/s1. The molecule has 1 aliphatic rings.